The van der Waals surface area contributed by atoms with Crippen molar-refractivity contribution in [3.8, 4) is 0 Å². The van der Waals surface area contributed by atoms with Crippen molar-refractivity contribution in [1.82, 2.24) is 4.98 Å². The molecule has 1 aromatic heterocycles. The van der Waals surface area contributed by atoms with Crippen LogP contribution in [-0.2, 0) is 4.74 Å². The van der Waals surface area contributed by atoms with E-state index in [1.807, 2.05) is 48.5 Å². The second kappa shape index (κ2) is 9.43. The highest BCUT2D eigenvalue weighted by molar-refractivity contribution is 9.10. The van der Waals surface area contributed by atoms with Crippen LogP contribution in [0.3, 0.4) is 0 Å². The minimum Gasteiger partial charge on any atom is -0.378 e. The van der Waals surface area contributed by atoms with E-state index in [9.17, 15) is 4.79 Å². The van der Waals surface area contributed by atoms with E-state index in [0.29, 0.717) is 10.6 Å². The molecular weight excluding hydrogens is 450 g/mol. The fraction of sp³-hybridized carbons (Fsp3) is 0.182. The Kier molecular flexibility index (Phi) is 6.49. The van der Waals surface area contributed by atoms with Gasteiger partial charge in [0.2, 0.25) is 0 Å². The zero-order valence-corrected chi connectivity index (χ0v) is 18.1. The highest BCUT2D eigenvalue weighted by atomic mass is 79.9. The number of rotatable bonds is 5. The lowest BCUT2D eigenvalue weighted by Crippen LogP contribution is -2.36. The highest BCUT2D eigenvalue weighted by Crippen LogP contribution is 2.30. The van der Waals surface area contributed by atoms with Gasteiger partial charge in [-0.2, -0.15) is 0 Å². The molecule has 2 aromatic carbocycles. The number of nitrogens with zero attached hydrogens (tertiary/aromatic N) is 2. The molecule has 2 heterocycles. The predicted octanol–water partition coefficient (Wildman–Crippen LogP) is 5.08. The number of ether oxygens (including phenoxy) is 1. The molecule has 1 fully saturated rings. The van der Waals surface area contributed by atoms with Crippen LogP contribution >= 0.6 is 27.7 Å². The van der Waals surface area contributed by atoms with Gasteiger partial charge in [-0.25, -0.2) is 4.98 Å². The summed E-state index contributed by atoms with van der Waals surface area (Å²) in [6.07, 6.45) is 1.70. The lowest BCUT2D eigenvalue weighted by molar-refractivity contribution is 0.102. The molecule has 29 heavy (non-hydrogen) atoms. The first-order valence-electron chi connectivity index (χ1n) is 9.31. The summed E-state index contributed by atoms with van der Waals surface area (Å²) in [6.45, 7) is 3.27. The summed E-state index contributed by atoms with van der Waals surface area (Å²) in [7, 11) is 0. The third kappa shape index (κ3) is 5.18. The number of aromatic nitrogens is 1. The molecule has 0 spiro atoms. The second-order valence-electron chi connectivity index (χ2n) is 6.51. The SMILES string of the molecule is O=C(Nc1ccc(N2CCOCC2)cc1)c1cccnc1Sc1ccc(Br)cc1. The van der Waals surface area contributed by atoms with Gasteiger partial charge in [-0.1, -0.05) is 27.7 Å². The van der Waals surface area contributed by atoms with Gasteiger partial charge in [0, 0.05) is 40.0 Å². The van der Waals surface area contributed by atoms with Crippen LogP contribution in [0.15, 0.2) is 81.3 Å². The summed E-state index contributed by atoms with van der Waals surface area (Å²) in [5.41, 5.74) is 2.45. The Hall–Kier alpha value is -2.35. The number of amides is 1. The van der Waals surface area contributed by atoms with Crippen molar-refractivity contribution in [3.63, 3.8) is 0 Å². The Morgan fingerprint density at radius 3 is 2.48 bits per heavy atom. The fourth-order valence-corrected chi connectivity index (χ4v) is 4.18. The second-order valence-corrected chi connectivity index (χ2v) is 8.49. The maximum atomic E-state index is 12.9. The average Bonchev–Trinajstić information content (AvgIpc) is 2.77. The Labute approximate surface area is 182 Å². The maximum Gasteiger partial charge on any atom is 0.258 e. The molecule has 5 nitrogen and oxygen atoms in total. The van der Waals surface area contributed by atoms with Crippen LogP contribution in [0.2, 0.25) is 0 Å². The van der Waals surface area contributed by atoms with Gasteiger partial charge in [-0.05, 0) is 60.7 Å². The van der Waals surface area contributed by atoms with E-state index in [1.54, 1.807) is 18.3 Å². The van der Waals surface area contributed by atoms with E-state index in [4.69, 9.17) is 4.74 Å². The number of carbonyl (C=O) groups is 1. The molecule has 3 aromatic rings. The van der Waals surface area contributed by atoms with Gasteiger partial charge < -0.3 is 15.0 Å². The predicted molar refractivity (Wildman–Crippen MR) is 120 cm³/mol. The maximum absolute atomic E-state index is 12.9. The zero-order chi connectivity index (χ0) is 20.1. The van der Waals surface area contributed by atoms with E-state index in [-0.39, 0.29) is 5.91 Å². The zero-order valence-electron chi connectivity index (χ0n) is 15.7. The summed E-state index contributed by atoms with van der Waals surface area (Å²) in [6, 6.07) is 19.4. The number of anilines is 2. The Morgan fingerprint density at radius 1 is 1.03 bits per heavy atom. The number of benzene rings is 2. The number of hydrogen-bond donors (Lipinski definition) is 1. The van der Waals surface area contributed by atoms with E-state index >= 15 is 0 Å². The van der Waals surface area contributed by atoms with Crippen molar-refractivity contribution < 1.29 is 9.53 Å². The molecule has 1 aliphatic heterocycles. The van der Waals surface area contributed by atoms with Gasteiger partial charge in [-0.3, -0.25) is 4.79 Å². The molecule has 0 radical (unpaired) electrons. The summed E-state index contributed by atoms with van der Waals surface area (Å²) >= 11 is 4.91. The van der Waals surface area contributed by atoms with Crippen molar-refractivity contribution in [1.29, 1.82) is 0 Å². The minimum atomic E-state index is -0.170. The van der Waals surface area contributed by atoms with Gasteiger partial charge in [0.05, 0.1) is 18.8 Å². The largest absolute Gasteiger partial charge is 0.378 e. The van der Waals surface area contributed by atoms with Crippen molar-refractivity contribution in [2.45, 2.75) is 9.92 Å². The van der Waals surface area contributed by atoms with Crippen molar-refractivity contribution in [2.75, 3.05) is 36.5 Å². The molecule has 148 valence electrons. The molecule has 1 aliphatic rings. The third-order valence-corrected chi connectivity index (χ3v) is 6.10. The summed E-state index contributed by atoms with van der Waals surface area (Å²) in [4.78, 5) is 20.6. The van der Waals surface area contributed by atoms with E-state index < -0.39 is 0 Å². The molecular formula is C22H20BrN3O2S. The van der Waals surface area contributed by atoms with Crippen LogP contribution < -0.4 is 10.2 Å². The van der Waals surface area contributed by atoms with Crippen molar-refractivity contribution >= 4 is 45.0 Å². The van der Waals surface area contributed by atoms with Crippen LogP contribution in [-0.4, -0.2) is 37.2 Å². The topological polar surface area (TPSA) is 54.5 Å². The molecule has 1 amide bonds. The first kappa shape index (κ1) is 19.9. The lowest BCUT2D eigenvalue weighted by Gasteiger charge is -2.28. The number of morpholine rings is 1. The van der Waals surface area contributed by atoms with Crippen molar-refractivity contribution in [3.05, 3.63) is 76.9 Å². The molecule has 0 saturated carbocycles. The fourth-order valence-electron chi connectivity index (χ4n) is 3.03. The molecule has 1 saturated heterocycles. The number of nitrogens with one attached hydrogen (secondary N) is 1. The van der Waals surface area contributed by atoms with Crippen LogP contribution in [0.5, 0.6) is 0 Å². The smallest absolute Gasteiger partial charge is 0.258 e. The third-order valence-electron chi connectivity index (χ3n) is 4.55. The quantitative estimate of drug-likeness (QED) is 0.564. The van der Waals surface area contributed by atoms with Crippen molar-refractivity contribution in [2.24, 2.45) is 0 Å². The molecule has 7 heteroatoms. The van der Waals surface area contributed by atoms with E-state index in [2.05, 4.69) is 31.1 Å². The van der Waals surface area contributed by atoms with E-state index in [1.165, 1.54) is 11.8 Å². The van der Waals surface area contributed by atoms with Gasteiger partial charge in [0.25, 0.3) is 5.91 Å². The Balaban J connectivity index is 1.46. The molecule has 0 atom stereocenters. The summed E-state index contributed by atoms with van der Waals surface area (Å²) in [5.74, 6) is -0.170. The summed E-state index contributed by atoms with van der Waals surface area (Å²) in [5, 5.41) is 3.66. The molecule has 0 unspecified atom stereocenters. The normalized spacial score (nSPS) is 13.9. The van der Waals surface area contributed by atoms with Crippen LogP contribution in [0.4, 0.5) is 11.4 Å². The monoisotopic (exact) mass is 469 g/mol. The van der Waals surface area contributed by atoms with Crippen LogP contribution in [0, 0.1) is 0 Å². The number of pyridine rings is 1. The Morgan fingerprint density at radius 2 is 1.76 bits per heavy atom. The van der Waals surface area contributed by atoms with Crippen LogP contribution in [0.1, 0.15) is 10.4 Å². The van der Waals surface area contributed by atoms with Gasteiger partial charge >= 0.3 is 0 Å². The van der Waals surface area contributed by atoms with Gasteiger partial charge in [-0.15, -0.1) is 0 Å². The molecule has 1 N–H and O–H groups in total. The lowest BCUT2D eigenvalue weighted by atomic mass is 10.2. The Bertz CT molecular complexity index is 974. The van der Waals surface area contributed by atoms with Crippen LogP contribution in [0.25, 0.3) is 0 Å². The molecule has 0 bridgehead atoms. The first-order chi connectivity index (χ1) is 14.2. The molecule has 0 aliphatic carbocycles. The standard InChI is InChI=1S/C22H20BrN3O2S/c23-16-3-9-19(10-4-16)29-22-20(2-1-11-24-22)21(27)25-17-5-7-18(8-6-17)26-12-14-28-15-13-26/h1-11H,12-15H2,(H,25,27). The average molecular weight is 470 g/mol. The highest BCUT2D eigenvalue weighted by Gasteiger charge is 2.15. The number of halogens is 1. The van der Waals surface area contributed by atoms with E-state index in [0.717, 1.165) is 47.0 Å². The first-order valence-corrected chi connectivity index (χ1v) is 10.9. The molecule has 4 rings (SSSR count). The minimum absolute atomic E-state index is 0.170. The van der Waals surface area contributed by atoms with Gasteiger partial charge in [0.1, 0.15) is 5.03 Å². The number of hydrogen-bond acceptors (Lipinski definition) is 5. The summed E-state index contributed by atoms with van der Waals surface area (Å²) < 4.78 is 6.41. The van der Waals surface area contributed by atoms with Gasteiger partial charge in [0.15, 0.2) is 0 Å². The number of carbonyl (C=O) groups excluding carboxylic acids is 1.